The molecule has 1 N–H and O–H groups in total. The van der Waals surface area contributed by atoms with E-state index in [-0.39, 0.29) is 31.3 Å². The van der Waals surface area contributed by atoms with Crippen molar-refractivity contribution in [3.05, 3.63) is 51.2 Å². The monoisotopic (exact) mass is 491 g/mol. The molecule has 1 fully saturated rings. The molecule has 0 saturated carbocycles. The molecule has 1 amide bonds. The number of ether oxygens (including phenoxy) is 1. The minimum absolute atomic E-state index is 0.0549. The third-order valence-corrected chi connectivity index (χ3v) is 7.40. The maximum Gasteiger partial charge on any atom is 0.359 e. The summed E-state index contributed by atoms with van der Waals surface area (Å²) in [6, 6.07) is 5.86. The molecule has 0 aliphatic carbocycles. The molecular weight excluding hydrogens is 477 g/mol. The van der Waals surface area contributed by atoms with Crippen LogP contribution in [0.3, 0.4) is 0 Å². The Bertz CT molecular complexity index is 1090. The van der Waals surface area contributed by atoms with E-state index < -0.39 is 28.5 Å². The zero-order valence-electron chi connectivity index (χ0n) is 15.4. The van der Waals surface area contributed by atoms with Gasteiger partial charge in [0.15, 0.2) is 12.3 Å². The summed E-state index contributed by atoms with van der Waals surface area (Å²) >= 11 is 17.5. The molecule has 0 atom stereocenters. The Hall–Kier alpha value is -1.91. The van der Waals surface area contributed by atoms with Crippen molar-refractivity contribution < 1.29 is 22.7 Å². The average Bonchev–Trinajstić information content (AvgIpc) is 3.26. The summed E-state index contributed by atoms with van der Waals surface area (Å²) in [5.74, 6) is -1.63. The van der Waals surface area contributed by atoms with Crippen molar-refractivity contribution in [1.82, 2.24) is 9.29 Å². The zero-order chi connectivity index (χ0) is 21.9. The number of aromatic nitrogens is 1. The Labute approximate surface area is 188 Å². The fourth-order valence-corrected chi connectivity index (χ4v) is 4.92. The summed E-state index contributed by atoms with van der Waals surface area (Å²) < 4.78 is 31.6. The lowest BCUT2D eigenvalue weighted by molar-refractivity contribution is -0.119. The lowest BCUT2D eigenvalue weighted by atomic mass is 10.3. The van der Waals surface area contributed by atoms with Gasteiger partial charge in [-0.05, 0) is 31.0 Å². The van der Waals surface area contributed by atoms with E-state index in [4.69, 9.17) is 39.5 Å². The van der Waals surface area contributed by atoms with Crippen molar-refractivity contribution in [3.8, 4) is 0 Å². The highest BCUT2D eigenvalue weighted by atomic mass is 35.5. The van der Waals surface area contributed by atoms with Gasteiger partial charge in [-0.2, -0.15) is 4.31 Å². The molecule has 1 aromatic heterocycles. The highest BCUT2D eigenvalue weighted by Crippen LogP contribution is 2.31. The second kappa shape index (κ2) is 9.49. The van der Waals surface area contributed by atoms with Crippen molar-refractivity contribution in [2.75, 3.05) is 25.0 Å². The van der Waals surface area contributed by atoms with Crippen LogP contribution in [-0.2, 0) is 19.6 Å². The van der Waals surface area contributed by atoms with Crippen LogP contribution in [0.1, 0.15) is 23.3 Å². The fourth-order valence-electron chi connectivity index (χ4n) is 2.79. The molecular formula is C18H16Cl3N3O5S. The number of esters is 1. The Kier molecular flexibility index (Phi) is 7.20. The third-order valence-electron chi connectivity index (χ3n) is 4.27. The highest BCUT2D eigenvalue weighted by molar-refractivity contribution is 7.89. The van der Waals surface area contributed by atoms with Crippen LogP contribution in [0.25, 0.3) is 0 Å². The largest absolute Gasteiger partial charge is 0.451 e. The number of carbonyl (C=O) groups excluding carboxylic acids is 2. The van der Waals surface area contributed by atoms with Crippen molar-refractivity contribution >= 4 is 62.4 Å². The first-order chi connectivity index (χ1) is 14.2. The number of hydrogen-bond acceptors (Lipinski definition) is 6. The summed E-state index contributed by atoms with van der Waals surface area (Å²) in [4.78, 5) is 28.0. The van der Waals surface area contributed by atoms with Crippen LogP contribution in [0.4, 0.5) is 5.69 Å². The van der Waals surface area contributed by atoms with Gasteiger partial charge in [0, 0.05) is 25.0 Å². The first-order valence-electron chi connectivity index (χ1n) is 8.77. The average molecular weight is 493 g/mol. The van der Waals surface area contributed by atoms with Crippen molar-refractivity contribution in [2.24, 2.45) is 0 Å². The van der Waals surface area contributed by atoms with E-state index in [1.165, 1.54) is 28.6 Å². The molecule has 2 aromatic rings. The summed E-state index contributed by atoms with van der Waals surface area (Å²) in [5.41, 5.74) is -0.0282. The number of amides is 1. The Morgan fingerprint density at radius 2 is 1.83 bits per heavy atom. The lowest BCUT2D eigenvalue weighted by Crippen LogP contribution is -2.28. The van der Waals surface area contributed by atoms with E-state index in [0.717, 1.165) is 19.0 Å². The number of pyridine rings is 1. The molecule has 0 unspecified atom stereocenters. The van der Waals surface area contributed by atoms with E-state index in [9.17, 15) is 18.0 Å². The van der Waals surface area contributed by atoms with Gasteiger partial charge in [-0.1, -0.05) is 40.9 Å². The quantitative estimate of drug-likeness (QED) is 0.617. The van der Waals surface area contributed by atoms with Crippen LogP contribution in [-0.4, -0.2) is 49.3 Å². The van der Waals surface area contributed by atoms with E-state index >= 15 is 0 Å². The minimum Gasteiger partial charge on any atom is -0.451 e. The molecule has 1 aliphatic rings. The second-order valence-corrected chi connectivity index (χ2v) is 9.45. The normalized spacial score (nSPS) is 14.5. The van der Waals surface area contributed by atoms with Crippen LogP contribution in [0.2, 0.25) is 15.1 Å². The first kappa shape index (κ1) is 22.8. The molecule has 0 radical (unpaired) electrons. The zero-order valence-corrected chi connectivity index (χ0v) is 18.5. The molecule has 0 bridgehead atoms. The van der Waals surface area contributed by atoms with Crippen molar-refractivity contribution in [3.63, 3.8) is 0 Å². The van der Waals surface area contributed by atoms with E-state index in [0.29, 0.717) is 13.1 Å². The molecule has 0 spiro atoms. The van der Waals surface area contributed by atoms with Gasteiger partial charge in [-0.3, -0.25) is 4.79 Å². The standard InChI is InChI=1S/C18H16Cl3N3O5S/c19-13-9-22-17(16(21)15(13)20)18(26)29-10-14(25)23-11-4-3-5-12(8-11)30(27,28)24-6-1-2-7-24/h3-5,8-9H,1-2,6-7,10H2,(H,23,25). The number of nitrogens with zero attached hydrogens (tertiary/aromatic N) is 2. The maximum absolute atomic E-state index is 12.6. The molecule has 3 rings (SSSR count). The number of benzene rings is 1. The van der Waals surface area contributed by atoms with Gasteiger partial charge in [0.1, 0.15) is 0 Å². The van der Waals surface area contributed by atoms with Crippen LogP contribution >= 0.6 is 34.8 Å². The van der Waals surface area contributed by atoms with E-state index in [1.54, 1.807) is 0 Å². The molecule has 1 aliphatic heterocycles. The number of halogens is 3. The van der Waals surface area contributed by atoms with Crippen LogP contribution in [0, 0.1) is 0 Å². The predicted octanol–water partition coefficient (Wildman–Crippen LogP) is 3.62. The number of nitrogens with one attached hydrogen (secondary N) is 1. The molecule has 1 saturated heterocycles. The van der Waals surface area contributed by atoms with Gasteiger partial charge in [0.05, 0.1) is 20.0 Å². The van der Waals surface area contributed by atoms with E-state index in [1.807, 2.05) is 0 Å². The Morgan fingerprint density at radius 3 is 2.53 bits per heavy atom. The van der Waals surface area contributed by atoms with Crippen LogP contribution < -0.4 is 5.32 Å². The smallest absolute Gasteiger partial charge is 0.359 e. The summed E-state index contributed by atoms with van der Waals surface area (Å²) in [7, 11) is -3.62. The molecule has 30 heavy (non-hydrogen) atoms. The number of rotatable bonds is 6. The topological polar surface area (TPSA) is 106 Å². The molecule has 8 nitrogen and oxygen atoms in total. The predicted molar refractivity (Wildman–Crippen MR) is 113 cm³/mol. The second-order valence-electron chi connectivity index (χ2n) is 6.35. The molecule has 1 aromatic carbocycles. The Morgan fingerprint density at radius 1 is 1.13 bits per heavy atom. The van der Waals surface area contributed by atoms with Gasteiger partial charge in [-0.25, -0.2) is 18.2 Å². The summed E-state index contributed by atoms with van der Waals surface area (Å²) in [6.07, 6.45) is 2.77. The number of sulfonamides is 1. The number of anilines is 1. The fraction of sp³-hybridized carbons (Fsp3) is 0.278. The van der Waals surface area contributed by atoms with Gasteiger partial charge in [0.25, 0.3) is 5.91 Å². The van der Waals surface area contributed by atoms with Gasteiger partial charge in [-0.15, -0.1) is 0 Å². The van der Waals surface area contributed by atoms with Gasteiger partial charge < -0.3 is 10.1 Å². The van der Waals surface area contributed by atoms with Crippen molar-refractivity contribution in [2.45, 2.75) is 17.7 Å². The van der Waals surface area contributed by atoms with Gasteiger partial charge >= 0.3 is 5.97 Å². The van der Waals surface area contributed by atoms with Crippen LogP contribution in [0.15, 0.2) is 35.4 Å². The SMILES string of the molecule is O=C(COC(=O)c1ncc(Cl)c(Cl)c1Cl)Nc1cccc(S(=O)(=O)N2CCCC2)c1. The molecule has 12 heteroatoms. The lowest BCUT2D eigenvalue weighted by Gasteiger charge is -2.16. The molecule has 160 valence electrons. The van der Waals surface area contributed by atoms with Gasteiger partial charge in [0.2, 0.25) is 10.0 Å². The van der Waals surface area contributed by atoms with Crippen LogP contribution in [0.5, 0.6) is 0 Å². The first-order valence-corrected chi connectivity index (χ1v) is 11.3. The maximum atomic E-state index is 12.6. The van der Waals surface area contributed by atoms with E-state index in [2.05, 4.69) is 10.3 Å². The minimum atomic E-state index is -3.62. The number of hydrogen-bond donors (Lipinski definition) is 1. The Balaban J connectivity index is 1.63. The number of carbonyl (C=O) groups is 2. The van der Waals surface area contributed by atoms with Crippen molar-refractivity contribution in [1.29, 1.82) is 0 Å². The molecule has 2 heterocycles. The third kappa shape index (κ3) is 5.04. The summed E-state index contributed by atoms with van der Waals surface area (Å²) in [6.45, 7) is 0.306. The highest BCUT2D eigenvalue weighted by Gasteiger charge is 2.27. The summed E-state index contributed by atoms with van der Waals surface area (Å²) in [5, 5.41) is 2.32.